The normalized spacial score (nSPS) is 12.0. The molecule has 0 atom stereocenters. The van der Waals surface area contributed by atoms with Crippen molar-refractivity contribution in [1.82, 2.24) is 9.13 Å². The van der Waals surface area contributed by atoms with Crippen molar-refractivity contribution in [3.05, 3.63) is 150 Å². The number of benzene rings is 7. The van der Waals surface area contributed by atoms with Crippen LogP contribution in [-0.4, -0.2) is 9.13 Å². The number of nitriles is 1. The van der Waals surface area contributed by atoms with Crippen molar-refractivity contribution >= 4 is 103 Å². The number of aromatic nitrogens is 2. The molecule has 0 spiro atoms. The fourth-order valence-corrected chi connectivity index (χ4v) is 9.20. The van der Waals surface area contributed by atoms with Crippen LogP contribution >= 0.6 is 11.3 Å². The van der Waals surface area contributed by atoms with Gasteiger partial charge in [0.15, 0.2) is 5.69 Å². The Labute approximate surface area is 288 Å². The minimum Gasteiger partial charge on any atom is -0.456 e. The average Bonchev–Trinajstić information content (AvgIpc) is 3.91. The minimum atomic E-state index is 0.570. The predicted octanol–water partition coefficient (Wildman–Crippen LogP) is 12.6. The van der Waals surface area contributed by atoms with Crippen molar-refractivity contribution in [3.8, 4) is 17.4 Å². The first-order valence-electron chi connectivity index (χ1n) is 16.3. The van der Waals surface area contributed by atoms with Crippen LogP contribution in [-0.2, 0) is 0 Å². The van der Waals surface area contributed by atoms with Crippen molar-refractivity contribution in [2.45, 2.75) is 0 Å². The predicted molar refractivity (Wildman–Crippen MR) is 206 cm³/mol. The zero-order valence-electron chi connectivity index (χ0n) is 26.3. The number of nitrogens with zero attached hydrogens (tertiary/aromatic N) is 4. The third-order valence-electron chi connectivity index (χ3n) is 10.1. The second-order valence-corrected chi connectivity index (χ2v) is 13.8. The fourth-order valence-electron chi connectivity index (χ4n) is 7.96. The summed E-state index contributed by atoms with van der Waals surface area (Å²) in [5.74, 6) is 0. The van der Waals surface area contributed by atoms with Crippen LogP contribution < -0.4 is 0 Å². The van der Waals surface area contributed by atoms with Gasteiger partial charge in [-0.1, -0.05) is 54.6 Å². The summed E-state index contributed by atoms with van der Waals surface area (Å²) >= 11 is 1.85. The Morgan fingerprint density at radius 2 is 1.22 bits per heavy atom. The smallest absolute Gasteiger partial charge is 0.188 e. The van der Waals surface area contributed by atoms with Crippen LogP contribution in [0.15, 0.2) is 138 Å². The van der Waals surface area contributed by atoms with E-state index in [1.165, 1.54) is 42.0 Å². The highest BCUT2D eigenvalue weighted by atomic mass is 32.1. The first-order valence-corrected chi connectivity index (χ1v) is 17.2. The Kier molecular flexibility index (Phi) is 5.34. The number of furan rings is 1. The molecular formula is C44H22N4OS. The Morgan fingerprint density at radius 3 is 2.00 bits per heavy atom. The molecule has 0 radical (unpaired) electrons. The molecule has 230 valence electrons. The molecule has 6 heteroatoms. The largest absolute Gasteiger partial charge is 0.456 e. The molecule has 0 aliphatic rings. The number of hydrogen-bond donors (Lipinski definition) is 0. The first kappa shape index (κ1) is 27.1. The summed E-state index contributed by atoms with van der Waals surface area (Å²) in [6.07, 6.45) is 0. The Balaban J connectivity index is 1.19. The molecule has 0 aliphatic carbocycles. The van der Waals surface area contributed by atoms with Gasteiger partial charge in [0.25, 0.3) is 0 Å². The van der Waals surface area contributed by atoms with Crippen LogP contribution in [0.1, 0.15) is 5.56 Å². The summed E-state index contributed by atoms with van der Waals surface area (Å²) in [4.78, 5) is 3.68. The van der Waals surface area contributed by atoms with Crippen LogP contribution in [0.4, 0.5) is 5.69 Å². The maximum Gasteiger partial charge on any atom is 0.188 e. The van der Waals surface area contributed by atoms with E-state index in [1.807, 2.05) is 53.8 Å². The lowest BCUT2D eigenvalue weighted by molar-refractivity contribution is 0.669. The van der Waals surface area contributed by atoms with E-state index in [0.29, 0.717) is 11.3 Å². The lowest BCUT2D eigenvalue weighted by atomic mass is 10.1. The minimum absolute atomic E-state index is 0.570. The first-order chi connectivity index (χ1) is 24.7. The van der Waals surface area contributed by atoms with Gasteiger partial charge in [0.2, 0.25) is 0 Å². The monoisotopic (exact) mass is 654 g/mol. The SMILES string of the molecule is [C-]#[N+]c1ccc2c(c1)c1cc(C#N)ccc1n2-c1ccc2oc3ccc(-n4c5ccccc5c5ccc6c7ccccc7sc6c54)cc3c2c1. The second kappa shape index (κ2) is 9.84. The number of para-hydroxylation sites is 1. The molecule has 5 nitrogen and oxygen atoms in total. The average molecular weight is 655 g/mol. The number of fused-ring (bicyclic) bond motifs is 13. The third-order valence-corrected chi connectivity index (χ3v) is 11.3. The van der Waals surface area contributed by atoms with E-state index in [4.69, 9.17) is 11.0 Å². The third kappa shape index (κ3) is 3.58. The molecule has 0 aliphatic heterocycles. The fraction of sp³-hybridized carbons (Fsp3) is 0. The molecule has 50 heavy (non-hydrogen) atoms. The van der Waals surface area contributed by atoms with Gasteiger partial charge in [0.05, 0.1) is 45.0 Å². The summed E-state index contributed by atoms with van der Waals surface area (Å²) in [5.41, 5.74) is 9.21. The molecule has 11 aromatic rings. The second-order valence-electron chi connectivity index (χ2n) is 12.7. The summed E-state index contributed by atoms with van der Waals surface area (Å²) < 4.78 is 13.6. The molecule has 0 bridgehead atoms. The zero-order valence-corrected chi connectivity index (χ0v) is 27.1. The van der Waals surface area contributed by atoms with Crippen molar-refractivity contribution in [2.24, 2.45) is 0 Å². The van der Waals surface area contributed by atoms with Crippen LogP contribution in [0.2, 0.25) is 0 Å². The van der Waals surface area contributed by atoms with Gasteiger partial charge in [-0.3, -0.25) is 0 Å². The van der Waals surface area contributed by atoms with Crippen molar-refractivity contribution < 1.29 is 4.42 Å². The lowest BCUT2D eigenvalue weighted by Gasteiger charge is -2.09. The van der Waals surface area contributed by atoms with Gasteiger partial charge >= 0.3 is 0 Å². The highest BCUT2D eigenvalue weighted by molar-refractivity contribution is 7.26. The van der Waals surface area contributed by atoms with E-state index in [1.54, 1.807) is 0 Å². The van der Waals surface area contributed by atoms with Crippen LogP contribution in [0, 0.1) is 17.9 Å². The van der Waals surface area contributed by atoms with E-state index in [0.717, 1.165) is 55.1 Å². The van der Waals surface area contributed by atoms with Gasteiger partial charge in [-0.05, 0) is 84.2 Å². The van der Waals surface area contributed by atoms with E-state index in [9.17, 15) is 5.26 Å². The van der Waals surface area contributed by atoms with Crippen molar-refractivity contribution in [3.63, 3.8) is 0 Å². The molecule has 7 aromatic carbocycles. The molecule has 0 unspecified atom stereocenters. The van der Waals surface area contributed by atoms with Crippen LogP contribution in [0.5, 0.6) is 0 Å². The quantitative estimate of drug-likeness (QED) is 0.174. The van der Waals surface area contributed by atoms with E-state index < -0.39 is 0 Å². The maximum atomic E-state index is 9.67. The van der Waals surface area contributed by atoms with Crippen molar-refractivity contribution in [2.75, 3.05) is 0 Å². The highest BCUT2D eigenvalue weighted by Crippen LogP contribution is 2.44. The zero-order chi connectivity index (χ0) is 33.1. The van der Waals surface area contributed by atoms with Gasteiger partial charge in [-0.25, -0.2) is 4.85 Å². The Bertz CT molecular complexity index is 3290. The molecule has 0 saturated carbocycles. The number of rotatable bonds is 2. The molecular weight excluding hydrogens is 633 g/mol. The van der Waals surface area contributed by atoms with Gasteiger partial charge in [-0.2, -0.15) is 5.26 Å². The Morgan fingerprint density at radius 1 is 0.560 bits per heavy atom. The maximum absolute atomic E-state index is 9.67. The molecule has 4 heterocycles. The van der Waals surface area contributed by atoms with Crippen LogP contribution in [0.25, 0.3) is 102 Å². The van der Waals surface area contributed by atoms with Gasteiger partial charge in [-0.15, -0.1) is 11.3 Å². The summed E-state index contributed by atoms with van der Waals surface area (Å²) in [5, 5.41) is 18.7. The topological polar surface area (TPSA) is 51.1 Å². The summed E-state index contributed by atoms with van der Waals surface area (Å²) in [6, 6.07) is 48.5. The van der Waals surface area contributed by atoms with E-state index in [2.05, 4.69) is 111 Å². The van der Waals surface area contributed by atoms with Gasteiger partial charge < -0.3 is 13.6 Å². The van der Waals surface area contributed by atoms with E-state index in [-0.39, 0.29) is 0 Å². The highest BCUT2D eigenvalue weighted by Gasteiger charge is 2.20. The summed E-state index contributed by atoms with van der Waals surface area (Å²) in [7, 11) is 0. The molecule has 0 fully saturated rings. The summed E-state index contributed by atoms with van der Waals surface area (Å²) in [6.45, 7) is 7.60. The van der Waals surface area contributed by atoms with Gasteiger partial charge in [0, 0.05) is 53.8 Å². The molecule has 0 amide bonds. The van der Waals surface area contributed by atoms with E-state index >= 15 is 0 Å². The molecule has 11 rings (SSSR count). The molecule has 0 saturated heterocycles. The van der Waals surface area contributed by atoms with Crippen LogP contribution in [0.3, 0.4) is 0 Å². The standard InChI is InChI=1S/C44H22N4OS/c1-46-26-11-17-39-34(21-26)33-20-25(24-45)10-16-38(33)47(39)27-12-18-40-35(22-27)36-23-28(13-19-41(36)49-40)48-37-8-4-2-6-29(37)31-14-15-32-30-7-3-5-9-42(30)50-44(32)43(31)48/h2-23H. The number of hydrogen-bond acceptors (Lipinski definition) is 3. The van der Waals surface area contributed by atoms with Crippen molar-refractivity contribution in [1.29, 1.82) is 5.26 Å². The Hall–Kier alpha value is -6.86. The molecule has 0 N–H and O–H groups in total. The number of thiophene rings is 1. The molecule has 4 aromatic heterocycles. The van der Waals surface area contributed by atoms with Gasteiger partial charge in [0.1, 0.15) is 11.2 Å². The lowest BCUT2D eigenvalue weighted by Crippen LogP contribution is -1.94.